The van der Waals surface area contributed by atoms with Crippen molar-refractivity contribution in [2.45, 2.75) is 24.3 Å². The Morgan fingerprint density at radius 3 is 2.32 bits per heavy atom. The molecule has 1 aromatic carbocycles. The SMILES string of the molecule is O=C(Nc1ccc(S(=O)(=O)Nc2ncccn2)cc1)c1ccc(Cn2nc(C(F)F)c(Cl)c2C(F)F)o1. The zero-order chi connectivity index (χ0) is 26.7. The molecule has 0 aliphatic heterocycles. The molecule has 194 valence electrons. The Bertz CT molecular complexity index is 1510. The highest BCUT2D eigenvalue weighted by Crippen LogP contribution is 2.35. The fraction of sp³-hybridized carbons (Fsp3) is 0.143. The number of alkyl halides is 4. The Balaban J connectivity index is 1.44. The second kappa shape index (κ2) is 10.6. The predicted molar refractivity (Wildman–Crippen MR) is 122 cm³/mol. The van der Waals surface area contributed by atoms with Crippen molar-refractivity contribution in [2.24, 2.45) is 0 Å². The molecule has 4 rings (SSSR count). The van der Waals surface area contributed by atoms with Gasteiger partial charge in [-0.1, -0.05) is 11.6 Å². The maximum absolute atomic E-state index is 13.3. The standard InChI is InChI=1S/C21H15ClF4N6O4S/c22-15-16(18(23)24)30-32(17(15)19(25)26)10-12-4-7-14(36-12)20(33)29-11-2-5-13(6-3-11)37(34,35)31-21-27-8-1-9-28-21/h1-9,18-19H,10H2,(H,29,33)(H,27,28,31). The van der Waals surface area contributed by atoms with Crippen LogP contribution in [0.5, 0.6) is 0 Å². The third-order valence-corrected chi connectivity index (χ3v) is 6.51. The lowest BCUT2D eigenvalue weighted by atomic mass is 10.3. The van der Waals surface area contributed by atoms with Gasteiger partial charge in [0.2, 0.25) is 5.95 Å². The molecule has 0 spiro atoms. The molecule has 0 aliphatic rings. The van der Waals surface area contributed by atoms with Crippen molar-refractivity contribution < 1.29 is 35.2 Å². The Morgan fingerprint density at radius 2 is 1.70 bits per heavy atom. The minimum absolute atomic E-state index is 0.0253. The Morgan fingerprint density at radius 1 is 1.03 bits per heavy atom. The molecule has 37 heavy (non-hydrogen) atoms. The van der Waals surface area contributed by atoms with Crippen molar-refractivity contribution in [3.63, 3.8) is 0 Å². The Hall–Kier alpha value is -3.98. The number of nitrogens with one attached hydrogen (secondary N) is 2. The van der Waals surface area contributed by atoms with Crippen LogP contribution in [0.2, 0.25) is 5.02 Å². The number of aromatic nitrogens is 4. The van der Waals surface area contributed by atoms with E-state index in [0.717, 1.165) is 0 Å². The van der Waals surface area contributed by atoms with Crippen molar-refractivity contribution in [3.05, 3.63) is 82.8 Å². The van der Waals surface area contributed by atoms with Crippen LogP contribution >= 0.6 is 11.6 Å². The number of sulfonamides is 1. The smallest absolute Gasteiger partial charge is 0.291 e. The quantitative estimate of drug-likeness (QED) is 0.279. The second-order valence-electron chi connectivity index (χ2n) is 7.27. The fourth-order valence-corrected chi connectivity index (χ4v) is 4.37. The largest absolute Gasteiger partial charge is 0.454 e. The first-order valence-corrected chi connectivity index (χ1v) is 12.0. The lowest BCUT2D eigenvalue weighted by Gasteiger charge is -2.08. The van der Waals surface area contributed by atoms with Crippen LogP contribution < -0.4 is 10.0 Å². The van der Waals surface area contributed by atoms with Gasteiger partial charge in [0.1, 0.15) is 17.1 Å². The molecule has 0 fully saturated rings. The first-order chi connectivity index (χ1) is 17.5. The van der Waals surface area contributed by atoms with E-state index in [4.69, 9.17) is 16.0 Å². The number of carbonyl (C=O) groups is 1. The summed E-state index contributed by atoms with van der Waals surface area (Å²) >= 11 is 5.63. The Kier molecular flexibility index (Phi) is 7.45. The van der Waals surface area contributed by atoms with Crippen LogP contribution in [0.3, 0.4) is 0 Å². The maximum atomic E-state index is 13.3. The second-order valence-corrected chi connectivity index (χ2v) is 9.33. The van der Waals surface area contributed by atoms with E-state index in [9.17, 15) is 30.8 Å². The molecule has 16 heteroatoms. The van der Waals surface area contributed by atoms with E-state index < -0.39 is 51.7 Å². The maximum Gasteiger partial charge on any atom is 0.291 e. The summed E-state index contributed by atoms with van der Waals surface area (Å²) in [5.74, 6) is -1.10. The van der Waals surface area contributed by atoms with Crippen LogP contribution in [0.4, 0.5) is 29.2 Å². The number of rotatable bonds is 9. The van der Waals surface area contributed by atoms with Gasteiger partial charge in [0.15, 0.2) is 5.76 Å². The first kappa shape index (κ1) is 26.1. The van der Waals surface area contributed by atoms with Gasteiger partial charge in [-0.15, -0.1) is 0 Å². The fourth-order valence-electron chi connectivity index (χ4n) is 3.11. The molecule has 0 bridgehead atoms. The van der Waals surface area contributed by atoms with Gasteiger partial charge in [0.05, 0.1) is 16.5 Å². The van der Waals surface area contributed by atoms with Gasteiger partial charge in [-0.2, -0.15) is 5.10 Å². The monoisotopic (exact) mass is 558 g/mol. The normalized spacial score (nSPS) is 11.8. The molecule has 4 aromatic rings. The predicted octanol–water partition coefficient (Wildman–Crippen LogP) is 4.90. The molecule has 0 aliphatic carbocycles. The molecule has 0 unspecified atom stereocenters. The average molecular weight is 559 g/mol. The molecule has 1 amide bonds. The number of benzene rings is 1. The van der Waals surface area contributed by atoms with Gasteiger partial charge >= 0.3 is 0 Å². The molecular weight excluding hydrogens is 544 g/mol. The summed E-state index contributed by atoms with van der Waals surface area (Å²) in [6.07, 6.45) is -3.60. The zero-order valence-corrected chi connectivity index (χ0v) is 19.9. The van der Waals surface area contributed by atoms with E-state index in [-0.39, 0.29) is 28.1 Å². The molecule has 3 heterocycles. The topological polar surface area (TPSA) is 132 Å². The minimum Gasteiger partial charge on any atom is -0.454 e. The number of hydrogen-bond donors (Lipinski definition) is 2. The van der Waals surface area contributed by atoms with E-state index in [1.54, 1.807) is 0 Å². The van der Waals surface area contributed by atoms with Crippen molar-refractivity contribution in [1.29, 1.82) is 0 Å². The van der Waals surface area contributed by atoms with Crippen LogP contribution in [0.1, 0.15) is 40.6 Å². The minimum atomic E-state index is -3.98. The number of furan rings is 1. The summed E-state index contributed by atoms with van der Waals surface area (Å²) in [5.41, 5.74) is -1.67. The summed E-state index contributed by atoms with van der Waals surface area (Å²) in [5, 5.41) is 5.08. The summed E-state index contributed by atoms with van der Waals surface area (Å²) in [4.78, 5) is 20.0. The third-order valence-electron chi connectivity index (χ3n) is 4.77. The van der Waals surface area contributed by atoms with E-state index in [1.807, 2.05) is 0 Å². The van der Waals surface area contributed by atoms with Gasteiger partial charge in [0.25, 0.3) is 28.8 Å². The molecule has 3 aromatic heterocycles. The van der Waals surface area contributed by atoms with E-state index in [2.05, 4.69) is 25.1 Å². The molecule has 0 saturated heterocycles. The summed E-state index contributed by atoms with van der Waals surface area (Å²) < 4.78 is 85.7. The third kappa shape index (κ3) is 5.89. The van der Waals surface area contributed by atoms with Crippen LogP contribution in [0, 0.1) is 0 Å². The van der Waals surface area contributed by atoms with E-state index in [1.165, 1.54) is 54.9 Å². The highest BCUT2D eigenvalue weighted by Gasteiger charge is 2.28. The zero-order valence-electron chi connectivity index (χ0n) is 18.3. The van der Waals surface area contributed by atoms with Gasteiger partial charge in [-0.25, -0.2) is 40.7 Å². The average Bonchev–Trinajstić information content (AvgIpc) is 3.44. The molecule has 0 atom stereocenters. The van der Waals surface area contributed by atoms with Crippen molar-refractivity contribution in [1.82, 2.24) is 19.7 Å². The molecule has 0 saturated carbocycles. The first-order valence-electron chi connectivity index (χ1n) is 10.2. The molecule has 2 N–H and O–H groups in total. The highest BCUT2D eigenvalue weighted by molar-refractivity contribution is 7.92. The summed E-state index contributed by atoms with van der Waals surface area (Å²) in [7, 11) is -3.98. The van der Waals surface area contributed by atoms with Crippen LogP contribution in [0.25, 0.3) is 0 Å². The van der Waals surface area contributed by atoms with Gasteiger partial charge < -0.3 is 9.73 Å². The van der Waals surface area contributed by atoms with Crippen LogP contribution in [-0.4, -0.2) is 34.1 Å². The lowest BCUT2D eigenvalue weighted by Crippen LogP contribution is -2.15. The summed E-state index contributed by atoms with van der Waals surface area (Å²) in [6, 6.07) is 9.19. The molecular formula is C21H15ClF4N6O4S. The van der Waals surface area contributed by atoms with E-state index >= 15 is 0 Å². The number of halogens is 5. The highest BCUT2D eigenvalue weighted by atomic mass is 35.5. The van der Waals surface area contributed by atoms with Gasteiger partial charge in [-0.05, 0) is 42.5 Å². The molecule has 10 nitrogen and oxygen atoms in total. The number of nitrogens with zero attached hydrogens (tertiary/aromatic N) is 4. The summed E-state index contributed by atoms with van der Waals surface area (Å²) in [6.45, 7) is -0.482. The number of anilines is 2. The van der Waals surface area contributed by atoms with Crippen LogP contribution in [0.15, 0.2) is 64.2 Å². The lowest BCUT2D eigenvalue weighted by molar-refractivity contribution is 0.0994. The van der Waals surface area contributed by atoms with Gasteiger partial charge in [-0.3, -0.25) is 9.48 Å². The molecule has 0 radical (unpaired) electrons. The Labute approximate surface area is 211 Å². The number of carbonyl (C=O) groups excluding carboxylic acids is 1. The number of amides is 1. The van der Waals surface area contributed by atoms with Crippen molar-refractivity contribution >= 4 is 39.2 Å². The van der Waals surface area contributed by atoms with Crippen molar-refractivity contribution in [2.75, 3.05) is 10.0 Å². The van der Waals surface area contributed by atoms with Crippen LogP contribution in [-0.2, 0) is 16.6 Å². The van der Waals surface area contributed by atoms with Crippen molar-refractivity contribution in [3.8, 4) is 0 Å². The van der Waals surface area contributed by atoms with Gasteiger partial charge in [0, 0.05) is 18.1 Å². The number of hydrogen-bond acceptors (Lipinski definition) is 7. The van der Waals surface area contributed by atoms with E-state index in [0.29, 0.717) is 4.68 Å².